The largest absolute Gasteiger partial charge is 0.412 e. The lowest BCUT2D eigenvalue weighted by Crippen LogP contribution is -1.68. The lowest BCUT2D eigenvalue weighted by molar-refractivity contribution is 0.737. The zero-order valence-electron chi connectivity index (χ0n) is 5.41. The Bertz CT molecular complexity index is 61.3. The fourth-order valence-electron chi connectivity index (χ4n) is 0.477. The minimum Gasteiger partial charge on any atom is -0.412 e. The fourth-order valence-corrected chi connectivity index (χ4v) is 0.477. The molecule has 0 aromatic carbocycles. The summed E-state index contributed by atoms with van der Waals surface area (Å²) in [5.41, 5.74) is 0. The van der Waals surface area contributed by atoms with Crippen molar-refractivity contribution in [2.24, 2.45) is 0 Å². The molecule has 0 bridgehead atoms. The Hall–Kier alpha value is -0.480. The normalized spacial score (nSPS) is 7.00. The highest BCUT2D eigenvalue weighted by atomic mass is 16.0. The molecule has 2 N–H and O–H groups in total. The van der Waals surface area contributed by atoms with Crippen molar-refractivity contribution < 1.29 is 5.48 Å². The molecule has 0 unspecified atom stereocenters. The zero-order valence-corrected chi connectivity index (χ0v) is 5.41. The third-order valence-corrected chi connectivity index (χ3v) is 0.925. The van der Waals surface area contributed by atoms with Crippen LogP contribution >= 0.6 is 0 Å². The molecule has 1 heteroatoms. The van der Waals surface area contributed by atoms with Gasteiger partial charge < -0.3 is 5.48 Å². The number of terminal acetylenes is 1. The van der Waals surface area contributed by atoms with E-state index < -0.39 is 0 Å². The molecule has 8 heavy (non-hydrogen) atoms. The van der Waals surface area contributed by atoms with Gasteiger partial charge in [0.2, 0.25) is 0 Å². The smallest absolute Gasteiger partial charge is 0.00860 e. The van der Waals surface area contributed by atoms with E-state index in [0.29, 0.717) is 0 Å². The van der Waals surface area contributed by atoms with E-state index in [1.54, 1.807) is 0 Å². The third-order valence-electron chi connectivity index (χ3n) is 0.925. The van der Waals surface area contributed by atoms with E-state index in [-0.39, 0.29) is 5.48 Å². The van der Waals surface area contributed by atoms with Crippen molar-refractivity contribution in [1.29, 1.82) is 0 Å². The number of unbranched alkanes of at least 4 members (excludes halogenated alkanes) is 3. The average Bonchev–Trinajstić information content (AvgIpc) is 1.69. The third kappa shape index (κ3) is 9.10. The van der Waals surface area contributed by atoms with E-state index in [2.05, 4.69) is 12.8 Å². The van der Waals surface area contributed by atoms with Crippen LogP contribution in [0.2, 0.25) is 0 Å². The summed E-state index contributed by atoms with van der Waals surface area (Å²) < 4.78 is 0. The minimum absolute atomic E-state index is 0. The van der Waals surface area contributed by atoms with Crippen molar-refractivity contribution in [3.63, 3.8) is 0 Å². The Morgan fingerprint density at radius 2 is 2.00 bits per heavy atom. The molecule has 0 aliphatic rings. The summed E-state index contributed by atoms with van der Waals surface area (Å²) in [4.78, 5) is 0. The standard InChI is InChI=1S/C7H12.H2O/c1-3-5-7-6-4-2;/h1H,4-7H2,2H3;1H2. The zero-order chi connectivity index (χ0) is 5.54. The lowest BCUT2D eigenvalue weighted by Gasteiger charge is -1.86. The second-order valence-corrected chi connectivity index (χ2v) is 1.66. The van der Waals surface area contributed by atoms with Crippen LogP contribution in [0.25, 0.3) is 0 Å². The molecule has 1 nitrogen and oxygen atoms in total. The summed E-state index contributed by atoms with van der Waals surface area (Å²) >= 11 is 0. The van der Waals surface area contributed by atoms with Gasteiger partial charge in [-0.15, -0.1) is 12.3 Å². The van der Waals surface area contributed by atoms with E-state index in [1.807, 2.05) is 0 Å². The van der Waals surface area contributed by atoms with Gasteiger partial charge in [0.05, 0.1) is 0 Å². The summed E-state index contributed by atoms with van der Waals surface area (Å²) in [6.07, 6.45) is 9.72. The van der Waals surface area contributed by atoms with E-state index in [0.717, 1.165) is 6.42 Å². The Morgan fingerprint density at radius 1 is 1.38 bits per heavy atom. The maximum Gasteiger partial charge on any atom is 0.00860 e. The molecule has 0 spiro atoms. The average molecular weight is 114 g/mol. The molecule has 0 heterocycles. The van der Waals surface area contributed by atoms with Crippen molar-refractivity contribution in [2.45, 2.75) is 32.6 Å². The molecular formula is C7H14O. The van der Waals surface area contributed by atoms with Crippen LogP contribution in [0.1, 0.15) is 32.6 Å². The van der Waals surface area contributed by atoms with Crippen LogP contribution in [-0.4, -0.2) is 5.48 Å². The topological polar surface area (TPSA) is 31.5 Å². The van der Waals surface area contributed by atoms with Gasteiger partial charge in [-0.05, 0) is 6.42 Å². The highest BCUT2D eigenvalue weighted by molar-refractivity contribution is 4.82. The van der Waals surface area contributed by atoms with Crippen molar-refractivity contribution in [2.75, 3.05) is 0 Å². The summed E-state index contributed by atoms with van der Waals surface area (Å²) in [5.74, 6) is 2.60. The summed E-state index contributed by atoms with van der Waals surface area (Å²) in [6.45, 7) is 2.18. The first-order chi connectivity index (χ1) is 3.41. The second-order valence-electron chi connectivity index (χ2n) is 1.66. The Labute approximate surface area is 51.4 Å². The monoisotopic (exact) mass is 114 g/mol. The molecule has 0 aromatic heterocycles. The molecule has 0 aromatic rings. The summed E-state index contributed by atoms with van der Waals surface area (Å²) in [6, 6.07) is 0. The maximum atomic E-state index is 5.02. The molecule has 0 amide bonds. The Morgan fingerprint density at radius 3 is 2.38 bits per heavy atom. The van der Waals surface area contributed by atoms with Gasteiger partial charge in [-0.2, -0.15) is 0 Å². The van der Waals surface area contributed by atoms with Gasteiger partial charge in [-0.1, -0.05) is 19.8 Å². The fraction of sp³-hybridized carbons (Fsp3) is 0.714. The van der Waals surface area contributed by atoms with Gasteiger partial charge in [0, 0.05) is 6.42 Å². The highest BCUT2D eigenvalue weighted by Crippen LogP contribution is 1.95. The summed E-state index contributed by atoms with van der Waals surface area (Å²) in [7, 11) is 0. The van der Waals surface area contributed by atoms with Crippen molar-refractivity contribution in [3.05, 3.63) is 0 Å². The number of rotatable bonds is 3. The first-order valence-electron chi connectivity index (χ1n) is 2.85. The van der Waals surface area contributed by atoms with Crippen molar-refractivity contribution in [3.8, 4) is 12.3 Å². The molecule has 0 saturated heterocycles. The van der Waals surface area contributed by atoms with Gasteiger partial charge >= 0.3 is 0 Å². The van der Waals surface area contributed by atoms with E-state index in [1.165, 1.54) is 19.3 Å². The Kier molecular flexibility index (Phi) is 12.8. The second kappa shape index (κ2) is 9.72. The molecule has 48 valence electrons. The summed E-state index contributed by atoms with van der Waals surface area (Å²) in [5, 5.41) is 0. The van der Waals surface area contributed by atoms with Crippen molar-refractivity contribution in [1.82, 2.24) is 0 Å². The van der Waals surface area contributed by atoms with Gasteiger partial charge in [0.25, 0.3) is 0 Å². The first-order valence-corrected chi connectivity index (χ1v) is 2.85. The predicted octanol–water partition coefficient (Wildman–Crippen LogP) is 1.38. The van der Waals surface area contributed by atoms with Crippen LogP contribution in [0.4, 0.5) is 0 Å². The minimum atomic E-state index is 0. The van der Waals surface area contributed by atoms with Crippen LogP contribution in [-0.2, 0) is 0 Å². The molecule has 0 fully saturated rings. The van der Waals surface area contributed by atoms with Gasteiger partial charge in [-0.25, -0.2) is 0 Å². The van der Waals surface area contributed by atoms with Gasteiger partial charge in [0.1, 0.15) is 0 Å². The number of hydrogen-bond acceptors (Lipinski definition) is 0. The van der Waals surface area contributed by atoms with Crippen LogP contribution in [0, 0.1) is 12.3 Å². The van der Waals surface area contributed by atoms with E-state index >= 15 is 0 Å². The van der Waals surface area contributed by atoms with Gasteiger partial charge in [0.15, 0.2) is 0 Å². The van der Waals surface area contributed by atoms with Crippen LogP contribution in [0.3, 0.4) is 0 Å². The lowest BCUT2D eigenvalue weighted by atomic mass is 10.2. The van der Waals surface area contributed by atoms with E-state index in [4.69, 9.17) is 6.42 Å². The molecule has 0 saturated carbocycles. The quantitative estimate of drug-likeness (QED) is 0.392. The van der Waals surface area contributed by atoms with Crippen LogP contribution < -0.4 is 0 Å². The van der Waals surface area contributed by atoms with Crippen LogP contribution in [0.15, 0.2) is 0 Å². The Balaban J connectivity index is 0. The number of hydrogen-bond donors (Lipinski definition) is 0. The van der Waals surface area contributed by atoms with Crippen molar-refractivity contribution >= 4 is 0 Å². The molecule has 0 rings (SSSR count). The maximum absolute atomic E-state index is 5.02. The van der Waals surface area contributed by atoms with E-state index in [9.17, 15) is 0 Å². The first kappa shape index (κ1) is 10.5. The highest BCUT2D eigenvalue weighted by Gasteiger charge is 1.77. The molecular weight excluding hydrogens is 100 g/mol. The van der Waals surface area contributed by atoms with Crippen LogP contribution in [0.5, 0.6) is 0 Å². The molecule has 0 aliphatic heterocycles. The molecule has 0 aliphatic carbocycles. The molecule has 0 radical (unpaired) electrons. The van der Waals surface area contributed by atoms with Gasteiger partial charge in [-0.3, -0.25) is 0 Å². The molecule has 0 atom stereocenters. The predicted molar refractivity (Wildman–Crippen MR) is 36.6 cm³/mol. The SMILES string of the molecule is C#CCCCCC.O.